The quantitative estimate of drug-likeness (QED) is 0.319. The minimum absolute atomic E-state index is 0.118. The molecule has 4 atom stereocenters. The fourth-order valence-electron chi connectivity index (χ4n) is 4.85. The molecule has 0 bridgehead atoms. The van der Waals surface area contributed by atoms with Gasteiger partial charge in [-0.05, 0) is 64.9 Å². The Kier molecular flexibility index (Phi) is 9.72. The number of ether oxygens (including phenoxy) is 3. The Morgan fingerprint density at radius 3 is 2.49 bits per heavy atom. The van der Waals surface area contributed by atoms with Crippen molar-refractivity contribution in [1.29, 1.82) is 0 Å². The molecule has 2 aliphatic rings. The molecular formula is C28H38N2O7. The van der Waals surface area contributed by atoms with E-state index in [0.29, 0.717) is 32.2 Å². The summed E-state index contributed by atoms with van der Waals surface area (Å²) < 4.78 is 15.9. The predicted molar refractivity (Wildman–Crippen MR) is 136 cm³/mol. The van der Waals surface area contributed by atoms with Crippen LogP contribution in [0.25, 0.3) is 0 Å². The molecule has 0 aromatic heterocycles. The molecule has 1 heterocycles. The average molecular weight is 515 g/mol. The number of carbonyl (C=O) groups is 4. The Morgan fingerprint density at radius 1 is 1.08 bits per heavy atom. The van der Waals surface area contributed by atoms with Crippen LogP contribution in [0.5, 0.6) is 0 Å². The van der Waals surface area contributed by atoms with Crippen LogP contribution in [0.1, 0.15) is 58.9 Å². The van der Waals surface area contributed by atoms with Crippen LogP contribution < -0.4 is 5.32 Å². The highest BCUT2D eigenvalue weighted by atomic mass is 16.6. The minimum atomic E-state index is -0.679. The van der Waals surface area contributed by atoms with Crippen LogP contribution in [0.4, 0.5) is 4.79 Å². The second kappa shape index (κ2) is 12.7. The molecule has 1 saturated carbocycles. The van der Waals surface area contributed by atoms with Crippen molar-refractivity contribution in [2.75, 3.05) is 13.2 Å². The first-order chi connectivity index (χ1) is 17.6. The van der Waals surface area contributed by atoms with E-state index < -0.39 is 23.7 Å². The van der Waals surface area contributed by atoms with Crippen LogP contribution in [0, 0.1) is 11.8 Å². The topological polar surface area (TPSA) is 111 Å². The number of esters is 2. The van der Waals surface area contributed by atoms with Crippen molar-refractivity contribution in [2.45, 2.75) is 77.7 Å². The summed E-state index contributed by atoms with van der Waals surface area (Å²) in [7, 11) is 0. The third-order valence-electron chi connectivity index (χ3n) is 6.51. The zero-order valence-electron chi connectivity index (χ0n) is 22.1. The van der Waals surface area contributed by atoms with Crippen LogP contribution >= 0.6 is 0 Å². The fraction of sp³-hybridized carbons (Fsp3) is 0.571. The highest BCUT2D eigenvalue weighted by molar-refractivity contribution is 5.88. The Balaban J connectivity index is 1.64. The number of amides is 2. The van der Waals surface area contributed by atoms with Crippen molar-refractivity contribution >= 4 is 23.9 Å². The normalized spacial score (nSPS) is 24.1. The molecule has 2 amide bonds. The number of rotatable bonds is 8. The number of nitrogens with one attached hydrogen (secondary N) is 1. The molecule has 37 heavy (non-hydrogen) atoms. The van der Waals surface area contributed by atoms with Gasteiger partial charge in [-0.1, -0.05) is 36.4 Å². The van der Waals surface area contributed by atoms with Gasteiger partial charge >= 0.3 is 18.0 Å². The van der Waals surface area contributed by atoms with Crippen LogP contribution in [-0.4, -0.2) is 59.7 Å². The van der Waals surface area contributed by atoms with Crippen molar-refractivity contribution in [1.82, 2.24) is 10.2 Å². The standard InChI is InChI=1S/C28H38N2O7/c1-5-35-24(31)14-12-20-17-21(26(33)37-28(2,3)4)11-13-23(20)30-16-15-22(25(30)32)29-27(34)36-18-19-9-7-6-8-10-19/h6-10,12,14,20-23H,5,11,13,15-18H2,1-4H3,(H,29,34)/b14-12+/t20?,21?,22-,23-/m0/s1. The number of nitrogens with zero attached hydrogens (tertiary/aromatic N) is 1. The van der Waals surface area contributed by atoms with Gasteiger partial charge < -0.3 is 24.4 Å². The Bertz CT molecular complexity index is 986. The van der Waals surface area contributed by atoms with Crippen LogP contribution in [0.2, 0.25) is 0 Å². The number of benzene rings is 1. The lowest BCUT2D eigenvalue weighted by Crippen LogP contribution is -2.49. The van der Waals surface area contributed by atoms with Crippen LogP contribution in [0.3, 0.4) is 0 Å². The molecule has 1 N–H and O–H groups in total. The second-order valence-corrected chi connectivity index (χ2v) is 10.5. The minimum Gasteiger partial charge on any atom is -0.463 e. The molecule has 2 fully saturated rings. The first kappa shape index (κ1) is 28.2. The summed E-state index contributed by atoms with van der Waals surface area (Å²) in [5, 5.41) is 2.68. The first-order valence-electron chi connectivity index (χ1n) is 12.9. The molecule has 2 unspecified atom stereocenters. The molecule has 0 spiro atoms. The SMILES string of the molecule is CCOC(=O)/C=C/C1CC(C(=O)OC(C)(C)C)CC[C@@H]1N1CC[C@H](NC(=O)OCc2ccccc2)C1=O. The smallest absolute Gasteiger partial charge is 0.408 e. The molecule has 0 radical (unpaired) electrons. The third kappa shape index (κ3) is 8.33. The van der Waals surface area contributed by atoms with Crippen molar-refractivity contribution in [3.8, 4) is 0 Å². The number of hydrogen-bond acceptors (Lipinski definition) is 7. The molecule has 1 aromatic rings. The summed E-state index contributed by atoms with van der Waals surface area (Å²) >= 11 is 0. The van der Waals surface area contributed by atoms with Gasteiger partial charge in [-0.25, -0.2) is 9.59 Å². The molecule has 9 nitrogen and oxygen atoms in total. The third-order valence-corrected chi connectivity index (χ3v) is 6.51. The second-order valence-electron chi connectivity index (χ2n) is 10.5. The zero-order chi connectivity index (χ0) is 27.0. The number of hydrogen-bond donors (Lipinski definition) is 1. The summed E-state index contributed by atoms with van der Waals surface area (Å²) in [6, 6.07) is 8.43. The maximum absolute atomic E-state index is 13.3. The van der Waals surface area contributed by atoms with Gasteiger partial charge in [0.1, 0.15) is 18.2 Å². The lowest BCUT2D eigenvalue weighted by atomic mass is 9.77. The lowest BCUT2D eigenvalue weighted by molar-refractivity contribution is -0.162. The molecule has 1 aromatic carbocycles. The van der Waals surface area contributed by atoms with Gasteiger partial charge in [0.2, 0.25) is 5.91 Å². The predicted octanol–water partition coefficient (Wildman–Crippen LogP) is 3.76. The average Bonchev–Trinajstić information content (AvgIpc) is 3.20. The summed E-state index contributed by atoms with van der Waals surface area (Å²) in [5.41, 5.74) is 0.262. The fourth-order valence-corrected chi connectivity index (χ4v) is 4.85. The molecule has 3 rings (SSSR count). The maximum atomic E-state index is 13.3. The molecule has 1 saturated heterocycles. The molecule has 1 aliphatic heterocycles. The van der Waals surface area contributed by atoms with Crippen LogP contribution in [0.15, 0.2) is 42.5 Å². The van der Waals surface area contributed by atoms with E-state index in [1.54, 1.807) is 17.9 Å². The van der Waals surface area contributed by atoms with Gasteiger partial charge in [0.05, 0.1) is 12.5 Å². The van der Waals surface area contributed by atoms with E-state index in [9.17, 15) is 19.2 Å². The van der Waals surface area contributed by atoms with Gasteiger partial charge in [-0.15, -0.1) is 0 Å². The Morgan fingerprint density at radius 2 is 1.81 bits per heavy atom. The Hall–Kier alpha value is -3.36. The van der Waals surface area contributed by atoms with E-state index in [-0.39, 0.29) is 43.0 Å². The largest absolute Gasteiger partial charge is 0.463 e. The first-order valence-corrected chi connectivity index (χ1v) is 12.9. The van der Waals surface area contributed by atoms with Gasteiger partial charge in [-0.3, -0.25) is 9.59 Å². The number of alkyl carbamates (subject to hydrolysis) is 1. The number of carbonyl (C=O) groups excluding carboxylic acids is 4. The van der Waals surface area contributed by atoms with Gasteiger partial charge in [0.25, 0.3) is 0 Å². The molecule has 9 heteroatoms. The Labute approximate surface area is 218 Å². The highest BCUT2D eigenvalue weighted by Gasteiger charge is 2.43. The van der Waals surface area contributed by atoms with Gasteiger partial charge in [0.15, 0.2) is 0 Å². The molecular weight excluding hydrogens is 476 g/mol. The van der Waals surface area contributed by atoms with Gasteiger partial charge in [0, 0.05) is 18.7 Å². The summed E-state index contributed by atoms with van der Waals surface area (Å²) in [5.74, 6) is -1.48. The highest BCUT2D eigenvalue weighted by Crippen LogP contribution is 2.36. The van der Waals surface area contributed by atoms with Gasteiger partial charge in [-0.2, -0.15) is 0 Å². The van der Waals surface area contributed by atoms with Crippen molar-refractivity contribution in [2.24, 2.45) is 11.8 Å². The number of likely N-dealkylation sites (tertiary alicyclic amines) is 1. The lowest BCUT2D eigenvalue weighted by Gasteiger charge is -2.39. The van der Waals surface area contributed by atoms with Crippen LogP contribution in [-0.2, 0) is 35.2 Å². The summed E-state index contributed by atoms with van der Waals surface area (Å²) in [4.78, 5) is 52.1. The van der Waals surface area contributed by atoms with E-state index in [2.05, 4.69) is 5.32 Å². The van der Waals surface area contributed by atoms with E-state index in [1.807, 2.05) is 51.1 Å². The van der Waals surface area contributed by atoms with E-state index in [0.717, 1.165) is 5.56 Å². The zero-order valence-corrected chi connectivity index (χ0v) is 22.1. The van der Waals surface area contributed by atoms with Crippen molar-refractivity contribution in [3.05, 3.63) is 48.0 Å². The monoisotopic (exact) mass is 514 g/mol. The maximum Gasteiger partial charge on any atom is 0.408 e. The summed E-state index contributed by atoms with van der Waals surface area (Å²) in [6.45, 7) is 8.06. The van der Waals surface area contributed by atoms with E-state index in [1.165, 1.54) is 6.08 Å². The van der Waals surface area contributed by atoms with E-state index >= 15 is 0 Å². The van der Waals surface area contributed by atoms with Crippen molar-refractivity contribution in [3.63, 3.8) is 0 Å². The van der Waals surface area contributed by atoms with Crippen molar-refractivity contribution < 1.29 is 33.4 Å². The molecule has 1 aliphatic carbocycles. The summed E-state index contributed by atoms with van der Waals surface area (Å²) in [6.07, 6.45) is 4.53. The van der Waals surface area contributed by atoms with E-state index in [4.69, 9.17) is 14.2 Å². The molecule has 202 valence electrons.